The van der Waals surface area contributed by atoms with E-state index in [1.54, 1.807) is 32.2 Å². The molecular formula is C15H14ClF2N. The van der Waals surface area contributed by atoms with Crippen LogP contribution in [-0.2, 0) is 0 Å². The third-order valence-corrected chi connectivity index (χ3v) is 3.39. The minimum Gasteiger partial charge on any atom is -0.309 e. The quantitative estimate of drug-likeness (QED) is 0.887. The highest BCUT2D eigenvalue weighted by atomic mass is 35.5. The molecule has 0 bridgehead atoms. The summed E-state index contributed by atoms with van der Waals surface area (Å²) < 4.78 is 26.8. The number of hydrogen-bond acceptors (Lipinski definition) is 1. The van der Waals surface area contributed by atoms with Gasteiger partial charge in [0.25, 0.3) is 0 Å². The molecule has 0 aromatic heterocycles. The Kier molecular flexibility index (Phi) is 4.17. The van der Waals surface area contributed by atoms with Gasteiger partial charge in [0.2, 0.25) is 0 Å². The molecule has 0 aliphatic rings. The van der Waals surface area contributed by atoms with Gasteiger partial charge in [-0.15, -0.1) is 0 Å². The van der Waals surface area contributed by atoms with Gasteiger partial charge in [-0.2, -0.15) is 0 Å². The van der Waals surface area contributed by atoms with Gasteiger partial charge < -0.3 is 5.32 Å². The topological polar surface area (TPSA) is 12.0 Å². The van der Waals surface area contributed by atoms with Gasteiger partial charge in [-0.05, 0) is 48.9 Å². The second-order valence-electron chi connectivity index (χ2n) is 4.40. The number of benzene rings is 2. The van der Waals surface area contributed by atoms with Crippen LogP contribution in [0.5, 0.6) is 0 Å². The molecule has 0 heterocycles. The highest BCUT2D eigenvalue weighted by Crippen LogP contribution is 2.26. The summed E-state index contributed by atoms with van der Waals surface area (Å²) in [5, 5.41) is 3.19. The Morgan fingerprint density at radius 2 is 1.63 bits per heavy atom. The van der Waals surface area contributed by atoms with E-state index in [-0.39, 0.29) is 16.9 Å². The van der Waals surface area contributed by atoms with Crippen molar-refractivity contribution in [3.63, 3.8) is 0 Å². The van der Waals surface area contributed by atoms with Crippen molar-refractivity contribution in [1.82, 2.24) is 5.32 Å². The molecule has 1 unspecified atom stereocenters. The van der Waals surface area contributed by atoms with Crippen molar-refractivity contribution in [3.05, 3.63) is 69.7 Å². The maximum Gasteiger partial charge on any atom is 0.142 e. The molecule has 2 rings (SSSR count). The minimum absolute atomic E-state index is 0.0916. The molecule has 0 spiro atoms. The first-order chi connectivity index (χ1) is 9.02. The van der Waals surface area contributed by atoms with Gasteiger partial charge in [-0.1, -0.05) is 29.8 Å². The Hall–Kier alpha value is -1.45. The van der Waals surface area contributed by atoms with Crippen molar-refractivity contribution in [3.8, 4) is 0 Å². The Bertz CT molecular complexity index is 547. The fraction of sp³-hybridized carbons (Fsp3) is 0.200. The normalized spacial score (nSPS) is 12.5. The first-order valence-corrected chi connectivity index (χ1v) is 6.29. The van der Waals surface area contributed by atoms with Crippen LogP contribution in [0.15, 0.2) is 36.4 Å². The average Bonchev–Trinajstić information content (AvgIpc) is 2.39. The maximum absolute atomic E-state index is 13.5. The zero-order chi connectivity index (χ0) is 14.0. The second kappa shape index (κ2) is 5.68. The standard InChI is InChI=1S/C15H14ClF2N/c1-9-7-10(4-6-13(9)17)15(19-2)11-3-5-12(16)14(18)8-11/h3-8,15,19H,1-2H3. The van der Waals surface area contributed by atoms with Crippen LogP contribution in [0.25, 0.3) is 0 Å². The zero-order valence-electron chi connectivity index (χ0n) is 10.7. The van der Waals surface area contributed by atoms with Gasteiger partial charge in [0.1, 0.15) is 11.6 Å². The van der Waals surface area contributed by atoms with E-state index in [2.05, 4.69) is 5.32 Å². The van der Waals surface area contributed by atoms with Gasteiger partial charge in [0.05, 0.1) is 11.1 Å². The van der Waals surface area contributed by atoms with Gasteiger partial charge in [-0.25, -0.2) is 8.78 Å². The van der Waals surface area contributed by atoms with Crippen LogP contribution in [0.3, 0.4) is 0 Å². The molecule has 0 amide bonds. The molecule has 100 valence electrons. The third-order valence-electron chi connectivity index (χ3n) is 3.08. The summed E-state index contributed by atoms with van der Waals surface area (Å²) in [6.45, 7) is 1.70. The van der Waals surface area contributed by atoms with Crippen molar-refractivity contribution < 1.29 is 8.78 Å². The summed E-state index contributed by atoms with van der Waals surface area (Å²) >= 11 is 5.68. The lowest BCUT2D eigenvalue weighted by Crippen LogP contribution is -2.18. The Morgan fingerprint density at radius 1 is 1.00 bits per heavy atom. The second-order valence-corrected chi connectivity index (χ2v) is 4.81. The van der Waals surface area contributed by atoms with E-state index in [4.69, 9.17) is 11.6 Å². The smallest absolute Gasteiger partial charge is 0.142 e. The Labute approximate surface area is 116 Å². The summed E-state index contributed by atoms with van der Waals surface area (Å²) in [7, 11) is 1.77. The molecule has 19 heavy (non-hydrogen) atoms. The van der Waals surface area contributed by atoms with Crippen LogP contribution in [0.2, 0.25) is 5.02 Å². The summed E-state index contributed by atoms with van der Waals surface area (Å²) in [6.07, 6.45) is 0. The molecule has 0 saturated heterocycles. The first kappa shape index (κ1) is 14.0. The van der Waals surface area contributed by atoms with E-state index in [0.717, 1.165) is 11.1 Å². The summed E-state index contributed by atoms with van der Waals surface area (Å²) in [4.78, 5) is 0. The first-order valence-electron chi connectivity index (χ1n) is 5.91. The van der Waals surface area contributed by atoms with Crippen molar-refractivity contribution in [2.45, 2.75) is 13.0 Å². The van der Waals surface area contributed by atoms with Crippen molar-refractivity contribution >= 4 is 11.6 Å². The number of hydrogen-bond donors (Lipinski definition) is 1. The molecule has 1 atom stereocenters. The predicted octanol–water partition coefficient (Wildman–Crippen LogP) is 4.24. The van der Waals surface area contributed by atoms with Gasteiger partial charge >= 0.3 is 0 Å². The Balaban J connectivity index is 2.43. The molecule has 2 aromatic rings. The number of nitrogens with one attached hydrogen (secondary N) is 1. The maximum atomic E-state index is 13.5. The number of rotatable bonds is 3. The van der Waals surface area contributed by atoms with Gasteiger partial charge in [0, 0.05) is 0 Å². The highest BCUT2D eigenvalue weighted by Gasteiger charge is 2.14. The molecule has 0 aliphatic carbocycles. The number of aryl methyl sites for hydroxylation is 1. The third kappa shape index (κ3) is 2.94. The molecule has 0 aliphatic heterocycles. The number of halogens is 3. The van der Waals surface area contributed by atoms with Crippen LogP contribution in [-0.4, -0.2) is 7.05 Å². The summed E-state index contributed by atoms with van der Waals surface area (Å²) in [5.41, 5.74) is 2.19. The van der Waals surface area contributed by atoms with Crippen LogP contribution in [0.4, 0.5) is 8.78 Å². The zero-order valence-corrected chi connectivity index (χ0v) is 11.4. The van der Waals surface area contributed by atoms with E-state index >= 15 is 0 Å². The largest absolute Gasteiger partial charge is 0.309 e. The van der Waals surface area contributed by atoms with E-state index in [9.17, 15) is 8.78 Å². The molecule has 1 nitrogen and oxygen atoms in total. The molecule has 4 heteroatoms. The Morgan fingerprint density at radius 3 is 2.21 bits per heavy atom. The molecule has 2 aromatic carbocycles. The monoisotopic (exact) mass is 281 g/mol. The fourth-order valence-corrected chi connectivity index (χ4v) is 2.18. The van der Waals surface area contributed by atoms with Crippen molar-refractivity contribution in [1.29, 1.82) is 0 Å². The minimum atomic E-state index is -0.460. The molecular weight excluding hydrogens is 268 g/mol. The van der Waals surface area contributed by atoms with E-state index in [0.29, 0.717) is 5.56 Å². The van der Waals surface area contributed by atoms with Gasteiger partial charge in [-0.3, -0.25) is 0 Å². The lowest BCUT2D eigenvalue weighted by molar-refractivity contribution is 0.609. The highest BCUT2D eigenvalue weighted by molar-refractivity contribution is 6.30. The molecule has 0 radical (unpaired) electrons. The summed E-state index contributed by atoms with van der Waals surface area (Å²) in [6, 6.07) is 9.33. The lowest BCUT2D eigenvalue weighted by Gasteiger charge is -2.18. The molecule has 0 fully saturated rings. The average molecular weight is 282 g/mol. The van der Waals surface area contributed by atoms with Crippen LogP contribution in [0, 0.1) is 18.6 Å². The molecule has 0 saturated carbocycles. The van der Waals surface area contributed by atoms with Crippen LogP contribution in [0.1, 0.15) is 22.7 Å². The van der Waals surface area contributed by atoms with E-state index in [1.165, 1.54) is 18.2 Å². The van der Waals surface area contributed by atoms with Crippen LogP contribution >= 0.6 is 11.6 Å². The van der Waals surface area contributed by atoms with Crippen molar-refractivity contribution in [2.24, 2.45) is 0 Å². The van der Waals surface area contributed by atoms with E-state index < -0.39 is 5.82 Å². The SMILES string of the molecule is CNC(c1ccc(F)c(C)c1)c1ccc(Cl)c(F)c1. The van der Waals surface area contributed by atoms with Gasteiger partial charge in [0.15, 0.2) is 0 Å². The van der Waals surface area contributed by atoms with Crippen LogP contribution < -0.4 is 5.32 Å². The molecule has 1 N–H and O–H groups in total. The summed E-state index contributed by atoms with van der Waals surface area (Å²) in [5.74, 6) is -0.709. The van der Waals surface area contributed by atoms with E-state index in [1.807, 2.05) is 0 Å². The fourth-order valence-electron chi connectivity index (χ4n) is 2.07. The predicted molar refractivity (Wildman–Crippen MR) is 73.4 cm³/mol. The van der Waals surface area contributed by atoms with Crippen molar-refractivity contribution in [2.75, 3.05) is 7.05 Å². The lowest BCUT2D eigenvalue weighted by atomic mass is 9.97.